The maximum Gasteiger partial charge on any atom is 0.143 e. The zero-order valence-electron chi connectivity index (χ0n) is 12.7. The molecule has 2 atom stereocenters. The number of benzene rings is 1. The van der Waals surface area contributed by atoms with Crippen molar-refractivity contribution in [2.24, 2.45) is 5.92 Å². The molecule has 2 fully saturated rings. The van der Waals surface area contributed by atoms with Crippen molar-refractivity contribution in [2.75, 3.05) is 19.8 Å². The van der Waals surface area contributed by atoms with E-state index in [2.05, 4.69) is 0 Å². The maximum atomic E-state index is 12.8. The molecule has 2 aliphatic rings. The fraction of sp³-hybridized carbons (Fsp3) is 0.611. The van der Waals surface area contributed by atoms with Crippen molar-refractivity contribution in [3.05, 3.63) is 35.9 Å². The lowest BCUT2D eigenvalue weighted by Gasteiger charge is -2.43. The average Bonchev–Trinajstić information content (AvgIpc) is 2.55. The van der Waals surface area contributed by atoms with Gasteiger partial charge >= 0.3 is 0 Å². The molecule has 1 aromatic rings. The van der Waals surface area contributed by atoms with Crippen molar-refractivity contribution in [3.8, 4) is 0 Å². The third kappa shape index (κ3) is 3.19. The number of ketones is 1. The molecule has 0 aromatic heterocycles. The van der Waals surface area contributed by atoms with E-state index >= 15 is 0 Å². The first kappa shape index (κ1) is 14.7. The molecule has 3 heteroatoms. The summed E-state index contributed by atoms with van der Waals surface area (Å²) in [5, 5.41) is 0. The molecule has 0 N–H and O–H groups in total. The summed E-state index contributed by atoms with van der Waals surface area (Å²) in [6, 6.07) is 10.1. The Hall–Kier alpha value is -1.19. The Morgan fingerprint density at radius 1 is 1.19 bits per heavy atom. The van der Waals surface area contributed by atoms with E-state index in [1.165, 1.54) is 0 Å². The van der Waals surface area contributed by atoms with Crippen molar-refractivity contribution in [1.29, 1.82) is 0 Å². The summed E-state index contributed by atoms with van der Waals surface area (Å²) in [6.07, 6.45) is 3.58. The molecule has 0 saturated carbocycles. The molecule has 2 aliphatic heterocycles. The first-order valence-electron chi connectivity index (χ1n) is 8.01. The molecule has 21 heavy (non-hydrogen) atoms. The summed E-state index contributed by atoms with van der Waals surface area (Å²) in [4.78, 5) is 12.8. The van der Waals surface area contributed by atoms with Crippen LogP contribution in [0.4, 0.5) is 0 Å². The summed E-state index contributed by atoms with van der Waals surface area (Å²) in [5.74, 6) is 0.480. The molecule has 2 heterocycles. The van der Waals surface area contributed by atoms with Crippen molar-refractivity contribution in [2.45, 2.75) is 44.1 Å². The third-order valence-electron chi connectivity index (χ3n) is 5.03. The van der Waals surface area contributed by atoms with E-state index in [9.17, 15) is 4.79 Å². The fourth-order valence-electron chi connectivity index (χ4n) is 3.62. The molecule has 0 amide bonds. The Kier molecular flexibility index (Phi) is 4.41. The number of ether oxygens (including phenoxy) is 2. The number of carbonyl (C=O) groups excluding carboxylic acids is 1. The van der Waals surface area contributed by atoms with E-state index in [-0.39, 0.29) is 17.4 Å². The van der Waals surface area contributed by atoms with Gasteiger partial charge in [-0.05, 0) is 31.2 Å². The van der Waals surface area contributed by atoms with Gasteiger partial charge in [0.1, 0.15) is 5.78 Å². The molecule has 3 nitrogen and oxygen atoms in total. The first-order valence-corrected chi connectivity index (χ1v) is 8.01. The number of carbonyl (C=O) groups is 1. The first-order chi connectivity index (χ1) is 10.2. The molecule has 1 spiro atoms. The quantitative estimate of drug-likeness (QED) is 0.856. The summed E-state index contributed by atoms with van der Waals surface area (Å²) in [6.45, 7) is 4.26. The van der Waals surface area contributed by atoms with Crippen LogP contribution in [0, 0.1) is 5.92 Å². The standard InChI is InChI=1S/C18H24O3/c1-14(15-5-3-2-4-6-15)17(19)16-7-10-21-18(13-16)8-11-20-12-9-18/h2-6,14,16H,7-13H2,1H3. The van der Waals surface area contributed by atoms with Crippen molar-refractivity contribution >= 4 is 5.78 Å². The van der Waals surface area contributed by atoms with Crippen LogP contribution in [0.5, 0.6) is 0 Å². The van der Waals surface area contributed by atoms with Crippen LogP contribution in [-0.4, -0.2) is 31.2 Å². The number of hydrogen-bond donors (Lipinski definition) is 0. The summed E-state index contributed by atoms with van der Waals surface area (Å²) >= 11 is 0. The molecular weight excluding hydrogens is 264 g/mol. The van der Waals surface area contributed by atoms with Crippen LogP contribution in [0.15, 0.2) is 30.3 Å². The van der Waals surface area contributed by atoms with E-state index in [1.807, 2.05) is 37.3 Å². The van der Waals surface area contributed by atoms with E-state index < -0.39 is 0 Å². The van der Waals surface area contributed by atoms with Crippen LogP contribution in [-0.2, 0) is 14.3 Å². The van der Waals surface area contributed by atoms with E-state index in [4.69, 9.17) is 9.47 Å². The van der Waals surface area contributed by atoms with Gasteiger partial charge in [0.15, 0.2) is 0 Å². The summed E-state index contributed by atoms with van der Waals surface area (Å²) < 4.78 is 11.5. The van der Waals surface area contributed by atoms with Gasteiger partial charge in [-0.25, -0.2) is 0 Å². The Labute approximate surface area is 126 Å². The van der Waals surface area contributed by atoms with Gasteiger partial charge in [0, 0.05) is 31.7 Å². The number of rotatable bonds is 3. The highest BCUT2D eigenvalue weighted by Gasteiger charge is 2.41. The second-order valence-corrected chi connectivity index (χ2v) is 6.37. The third-order valence-corrected chi connectivity index (χ3v) is 5.03. The van der Waals surface area contributed by atoms with Gasteiger partial charge in [0.2, 0.25) is 0 Å². The average molecular weight is 288 g/mol. The van der Waals surface area contributed by atoms with Crippen LogP contribution < -0.4 is 0 Å². The van der Waals surface area contributed by atoms with Gasteiger partial charge in [-0.2, -0.15) is 0 Å². The predicted octanol–water partition coefficient (Wildman–Crippen LogP) is 3.34. The van der Waals surface area contributed by atoms with Gasteiger partial charge in [-0.15, -0.1) is 0 Å². The van der Waals surface area contributed by atoms with E-state index in [0.717, 1.165) is 44.5 Å². The van der Waals surface area contributed by atoms with Gasteiger partial charge in [-0.1, -0.05) is 37.3 Å². The van der Waals surface area contributed by atoms with Gasteiger partial charge < -0.3 is 9.47 Å². The minimum atomic E-state index is -0.104. The van der Waals surface area contributed by atoms with Gasteiger partial charge in [0.05, 0.1) is 5.60 Å². The molecular formula is C18H24O3. The molecule has 0 bridgehead atoms. The topological polar surface area (TPSA) is 35.5 Å². The highest BCUT2D eigenvalue weighted by molar-refractivity contribution is 5.87. The van der Waals surface area contributed by atoms with Crippen molar-refractivity contribution < 1.29 is 14.3 Å². The SMILES string of the molecule is CC(C(=O)C1CCOC2(CCOCC2)C1)c1ccccc1. The lowest BCUT2D eigenvalue weighted by Crippen LogP contribution is -2.46. The normalized spacial score (nSPS) is 26.4. The van der Waals surface area contributed by atoms with Crippen molar-refractivity contribution in [3.63, 3.8) is 0 Å². The molecule has 2 unspecified atom stereocenters. The lowest BCUT2D eigenvalue weighted by molar-refractivity contribution is -0.157. The number of Topliss-reactive ketones (excluding diaryl/α,β-unsaturated/α-hetero) is 1. The Balaban J connectivity index is 1.69. The highest BCUT2D eigenvalue weighted by Crippen LogP contribution is 2.39. The molecule has 3 rings (SSSR count). The Morgan fingerprint density at radius 3 is 2.62 bits per heavy atom. The largest absolute Gasteiger partial charge is 0.381 e. The number of hydrogen-bond acceptors (Lipinski definition) is 3. The minimum Gasteiger partial charge on any atom is -0.381 e. The zero-order valence-corrected chi connectivity index (χ0v) is 12.7. The fourth-order valence-corrected chi connectivity index (χ4v) is 3.62. The molecule has 114 valence electrons. The lowest BCUT2D eigenvalue weighted by atomic mass is 9.76. The predicted molar refractivity (Wildman–Crippen MR) is 81.3 cm³/mol. The van der Waals surface area contributed by atoms with Gasteiger partial charge in [-0.3, -0.25) is 4.79 Å². The van der Waals surface area contributed by atoms with Crippen LogP contribution in [0.1, 0.15) is 44.1 Å². The van der Waals surface area contributed by atoms with Crippen LogP contribution in [0.2, 0.25) is 0 Å². The van der Waals surface area contributed by atoms with Crippen LogP contribution in [0.25, 0.3) is 0 Å². The van der Waals surface area contributed by atoms with Crippen LogP contribution in [0.3, 0.4) is 0 Å². The van der Waals surface area contributed by atoms with Crippen molar-refractivity contribution in [1.82, 2.24) is 0 Å². The van der Waals surface area contributed by atoms with Crippen LogP contribution >= 0.6 is 0 Å². The summed E-state index contributed by atoms with van der Waals surface area (Å²) in [5.41, 5.74) is 1.02. The maximum absolute atomic E-state index is 12.8. The smallest absolute Gasteiger partial charge is 0.143 e. The second kappa shape index (κ2) is 6.29. The summed E-state index contributed by atoms with van der Waals surface area (Å²) in [7, 11) is 0. The molecule has 2 saturated heterocycles. The highest BCUT2D eigenvalue weighted by atomic mass is 16.5. The molecule has 0 radical (unpaired) electrons. The zero-order chi connectivity index (χ0) is 14.7. The van der Waals surface area contributed by atoms with E-state index in [1.54, 1.807) is 0 Å². The van der Waals surface area contributed by atoms with Gasteiger partial charge in [0.25, 0.3) is 0 Å². The molecule has 0 aliphatic carbocycles. The molecule has 1 aromatic carbocycles. The Bertz CT molecular complexity index is 471. The second-order valence-electron chi connectivity index (χ2n) is 6.37. The van der Waals surface area contributed by atoms with E-state index in [0.29, 0.717) is 12.4 Å². The minimum absolute atomic E-state index is 0.0220. The Morgan fingerprint density at radius 2 is 1.90 bits per heavy atom. The monoisotopic (exact) mass is 288 g/mol.